The number of pyridine rings is 1. The predicted octanol–water partition coefficient (Wildman–Crippen LogP) is 4.01. The fourth-order valence-electron chi connectivity index (χ4n) is 1.37. The second kappa shape index (κ2) is 8.17. The monoisotopic (exact) mass is 288 g/mol. The Balaban J connectivity index is 2.10. The molecular weight excluding hydrogens is 270 g/mol. The Kier molecular flexibility index (Phi) is 7.11. The summed E-state index contributed by atoms with van der Waals surface area (Å²) in [6, 6.07) is 4.13. The Morgan fingerprint density at radius 2 is 2.20 bits per heavy atom. The molecule has 0 bridgehead atoms. The molecule has 1 rings (SSSR count). The van der Waals surface area contributed by atoms with Gasteiger partial charge in [0.15, 0.2) is 18.3 Å². The lowest BCUT2D eigenvalue weighted by Crippen LogP contribution is -2.30. The van der Waals surface area contributed by atoms with Crippen molar-refractivity contribution in [1.82, 2.24) is 0 Å². The highest BCUT2D eigenvalue weighted by molar-refractivity contribution is 9.10. The van der Waals surface area contributed by atoms with Gasteiger partial charge in [-0.05, 0) is 34.2 Å². The van der Waals surface area contributed by atoms with Crippen LogP contribution in [-0.2, 0) is 5.88 Å². The number of aromatic nitrogens is 1. The zero-order valence-corrected chi connectivity index (χ0v) is 11.7. The number of hydrogen-bond acceptors (Lipinski definition) is 1. The molecule has 0 N–H and O–H groups in total. The van der Waals surface area contributed by atoms with Crippen LogP contribution in [0, 0.1) is 0 Å². The fraction of sp³-hybridized carbons (Fsp3) is 0.583. The lowest BCUT2D eigenvalue weighted by Gasteiger charge is -1.98. The first-order chi connectivity index (χ1) is 7.33. The zero-order valence-electron chi connectivity index (χ0n) is 9.29. The summed E-state index contributed by atoms with van der Waals surface area (Å²) in [7, 11) is 0. The van der Waals surface area contributed by atoms with Gasteiger partial charge in [0.05, 0.1) is 4.47 Å². The van der Waals surface area contributed by atoms with Gasteiger partial charge in [-0.2, -0.15) is 4.57 Å². The highest BCUT2D eigenvalue weighted by Crippen LogP contribution is 2.08. The molecule has 0 radical (unpaired) electrons. The standard InChI is InChI=1S/C12H19BrNS/c1-2-3-4-5-9-15-11-14-8-6-7-12(13)10-14/h6-8,10H,2-5,9,11H2,1H3/q+1. The molecule has 1 heterocycles. The van der Waals surface area contributed by atoms with E-state index < -0.39 is 0 Å². The molecule has 0 aliphatic rings. The molecule has 0 unspecified atom stereocenters. The molecule has 0 spiro atoms. The predicted molar refractivity (Wildman–Crippen MR) is 70.9 cm³/mol. The summed E-state index contributed by atoms with van der Waals surface area (Å²) in [5.74, 6) is 2.34. The molecule has 0 fully saturated rings. The van der Waals surface area contributed by atoms with Crippen LogP contribution < -0.4 is 4.57 Å². The van der Waals surface area contributed by atoms with Crippen molar-refractivity contribution >= 4 is 27.7 Å². The topological polar surface area (TPSA) is 3.88 Å². The zero-order chi connectivity index (χ0) is 10.9. The highest BCUT2D eigenvalue weighted by atomic mass is 79.9. The van der Waals surface area contributed by atoms with E-state index in [9.17, 15) is 0 Å². The lowest BCUT2D eigenvalue weighted by atomic mass is 10.2. The van der Waals surface area contributed by atoms with Gasteiger partial charge in [-0.25, -0.2) is 0 Å². The SMILES string of the molecule is CCCCCCSC[n+]1cccc(Br)c1. The Labute approximate surface area is 105 Å². The van der Waals surface area contributed by atoms with E-state index in [0.29, 0.717) is 0 Å². The van der Waals surface area contributed by atoms with Crippen molar-refractivity contribution < 1.29 is 4.57 Å². The minimum absolute atomic E-state index is 1.06. The van der Waals surface area contributed by atoms with Gasteiger partial charge < -0.3 is 0 Å². The molecule has 1 aromatic heterocycles. The molecule has 3 heteroatoms. The first kappa shape index (κ1) is 13.0. The van der Waals surface area contributed by atoms with E-state index in [0.717, 1.165) is 10.3 Å². The maximum atomic E-state index is 3.48. The van der Waals surface area contributed by atoms with Crippen LogP contribution in [0.1, 0.15) is 32.6 Å². The van der Waals surface area contributed by atoms with E-state index in [4.69, 9.17) is 0 Å². The van der Waals surface area contributed by atoms with E-state index in [1.165, 1.54) is 31.4 Å². The van der Waals surface area contributed by atoms with Crippen LogP contribution >= 0.6 is 27.7 Å². The molecule has 0 saturated carbocycles. The third-order valence-corrected chi connectivity index (χ3v) is 3.73. The molecule has 15 heavy (non-hydrogen) atoms. The minimum Gasteiger partial charge on any atom is -0.194 e. The van der Waals surface area contributed by atoms with Crippen LogP contribution in [-0.4, -0.2) is 5.75 Å². The van der Waals surface area contributed by atoms with Crippen LogP contribution in [0.5, 0.6) is 0 Å². The van der Waals surface area contributed by atoms with Crippen molar-refractivity contribution in [1.29, 1.82) is 0 Å². The van der Waals surface area contributed by atoms with E-state index in [-0.39, 0.29) is 0 Å². The first-order valence-electron chi connectivity index (χ1n) is 5.55. The van der Waals surface area contributed by atoms with E-state index in [1.54, 1.807) is 0 Å². The second-order valence-electron chi connectivity index (χ2n) is 3.63. The van der Waals surface area contributed by atoms with Crippen LogP contribution in [0.25, 0.3) is 0 Å². The maximum Gasteiger partial charge on any atom is 0.194 e. The summed E-state index contributed by atoms with van der Waals surface area (Å²) in [5, 5.41) is 0. The van der Waals surface area contributed by atoms with Crippen molar-refractivity contribution in [2.45, 2.75) is 38.5 Å². The molecule has 0 aliphatic heterocycles. The lowest BCUT2D eigenvalue weighted by molar-refractivity contribution is -0.676. The average Bonchev–Trinajstić information content (AvgIpc) is 2.23. The number of nitrogens with zero attached hydrogens (tertiary/aromatic N) is 1. The molecule has 0 amide bonds. The Hall–Kier alpha value is -0.0200. The van der Waals surface area contributed by atoms with Gasteiger partial charge in [-0.15, -0.1) is 0 Å². The largest absolute Gasteiger partial charge is 0.194 e. The first-order valence-corrected chi connectivity index (χ1v) is 7.50. The molecular formula is C12H19BrNS+. The molecule has 1 aromatic rings. The summed E-state index contributed by atoms with van der Waals surface area (Å²) in [4.78, 5) is 0. The quantitative estimate of drug-likeness (QED) is 0.542. The van der Waals surface area contributed by atoms with Crippen molar-refractivity contribution in [2.24, 2.45) is 0 Å². The van der Waals surface area contributed by atoms with Crippen molar-refractivity contribution in [3.8, 4) is 0 Å². The summed E-state index contributed by atoms with van der Waals surface area (Å²) < 4.78 is 3.37. The average molecular weight is 289 g/mol. The number of rotatable bonds is 7. The second-order valence-corrected chi connectivity index (χ2v) is 5.62. The van der Waals surface area contributed by atoms with E-state index >= 15 is 0 Å². The van der Waals surface area contributed by atoms with Gasteiger partial charge in [0.25, 0.3) is 0 Å². The third kappa shape index (κ3) is 6.21. The number of unbranched alkanes of at least 4 members (excludes halogenated alkanes) is 3. The highest BCUT2D eigenvalue weighted by Gasteiger charge is 2.00. The van der Waals surface area contributed by atoms with Crippen LogP contribution in [0.2, 0.25) is 0 Å². The van der Waals surface area contributed by atoms with Crippen LogP contribution in [0.4, 0.5) is 0 Å². The minimum atomic E-state index is 1.06. The summed E-state index contributed by atoms with van der Waals surface area (Å²) in [6.07, 6.45) is 9.68. The Bertz CT molecular complexity index is 278. The maximum absolute atomic E-state index is 3.48. The normalized spacial score (nSPS) is 10.5. The third-order valence-electron chi connectivity index (χ3n) is 2.20. The molecule has 1 nitrogen and oxygen atoms in total. The van der Waals surface area contributed by atoms with Crippen LogP contribution in [0.3, 0.4) is 0 Å². The summed E-state index contributed by atoms with van der Waals surface area (Å²) in [6.45, 7) is 2.25. The van der Waals surface area contributed by atoms with Crippen molar-refractivity contribution in [3.63, 3.8) is 0 Å². The molecule has 0 atom stereocenters. The smallest absolute Gasteiger partial charge is 0.194 e. The summed E-state index contributed by atoms with van der Waals surface area (Å²) in [5.41, 5.74) is 0. The molecule has 0 aliphatic carbocycles. The number of thioether (sulfide) groups is 1. The number of halogens is 1. The molecule has 0 saturated heterocycles. The Morgan fingerprint density at radius 3 is 2.93 bits per heavy atom. The van der Waals surface area contributed by atoms with Gasteiger partial charge in [0.1, 0.15) is 0 Å². The van der Waals surface area contributed by atoms with Gasteiger partial charge >= 0.3 is 0 Å². The summed E-state index contributed by atoms with van der Waals surface area (Å²) >= 11 is 5.48. The van der Waals surface area contributed by atoms with Crippen LogP contribution in [0.15, 0.2) is 29.0 Å². The molecule has 84 valence electrons. The number of hydrogen-bond donors (Lipinski definition) is 0. The van der Waals surface area contributed by atoms with Crippen molar-refractivity contribution in [2.75, 3.05) is 5.75 Å². The van der Waals surface area contributed by atoms with Gasteiger partial charge in [-0.1, -0.05) is 37.9 Å². The fourth-order valence-corrected chi connectivity index (χ4v) is 2.70. The van der Waals surface area contributed by atoms with Gasteiger partial charge in [0.2, 0.25) is 0 Å². The van der Waals surface area contributed by atoms with E-state index in [2.05, 4.69) is 51.9 Å². The molecule has 0 aromatic carbocycles. The Morgan fingerprint density at radius 1 is 1.33 bits per heavy atom. The van der Waals surface area contributed by atoms with Gasteiger partial charge in [0, 0.05) is 6.07 Å². The van der Waals surface area contributed by atoms with Crippen molar-refractivity contribution in [3.05, 3.63) is 29.0 Å². The van der Waals surface area contributed by atoms with E-state index in [1.807, 2.05) is 11.8 Å². The van der Waals surface area contributed by atoms with Gasteiger partial charge in [-0.3, -0.25) is 0 Å².